The molecule has 6 heteroatoms. The summed E-state index contributed by atoms with van der Waals surface area (Å²) in [6.07, 6.45) is 4.68. The first-order valence-electron chi connectivity index (χ1n) is 6.18. The molecule has 98 valence electrons. The highest BCUT2D eigenvalue weighted by molar-refractivity contribution is 6.07. The van der Waals surface area contributed by atoms with Crippen molar-refractivity contribution in [3.05, 3.63) is 18.0 Å². The zero-order valence-corrected chi connectivity index (χ0v) is 10.9. The van der Waals surface area contributed by atoms with E-state index in [0.29, 0.717) is 13.0 Å². The van der Waals surface area contributed by atoms with Crippen molar-refractivity contribution in [3.63, 3.8) is 0 Å². The lowest BCUT2D eigenvalue weighted by Gasteiger charge is -2.23. The maximum absolute atomic E-state index is 12.5. The number of rotatable bonds is 4. The van der Waals surface area contributed by atoms with E-state index < -0.39 is 5.54 Å². The Kier molecular flexibility index (Phi) is 3.11. The molecule has 0 saturated carbocycles. The molecule has 1 aliphatic rings. The molecule has 6 nitrogen and oxygen atoms in total. The molecule has 18 heavy (non-hydrogen) atoms. The number of aromatic nitrogens is 2. The molecule has 2 heterocycles. The molecular formula is C12H18N4O2. The minimum atomic E-state index is -0.944. The zero-order chi connectivity index (χ0) is 13.3. The number of amides is 3. The molecule has 1 aromatic rings. The van der Waals surface area contributed by atoms with E-state index in [1.165, 1.54) is 4.90 Å². The predicted molar refractivity (Wildman–Crippen MR) is 65.7 cm³/mol. The van der Waals surface area contributed by atoms with E-state index in [-0.39, 0.29) is 11.9 Å². The Balaban J connectivity index is 2.40. The van der Waals surface area contributed by atoms with E-state index in [4.69, 9.17) is 0 Å². The summed E-state index contributed by atoms with van der Waals surface area (Å²) < 4.78 is 1.63. The van der Waals surface area contributed by atoms with Crippen molar-refractivity contribution in [3.8, 4) is 0 Å². The molecule has 1 atom stereocenters. The molecule has 0 radical (unpaired) electrons. The molecule has 0 spiro atoms. The van der Waals surface area contributed by atoms with Gasteiger partial charge in [0.2, 0.25) is 0 Å². The molecule has 0 aliphatic carbocycles. The Morgan fingerprint density at radius 2 is 2.11 bits per heavy atom. The number of aryl methyl sites for hydroxylation is 1. The minimum Gasteiger partial charge on any atom is -0.319 e. The summed E-state index contributed by atoms with van der Waals surface area (Å²) in [7, 11) is 1.79. The normalized spacial score (nSPS) is 23.6. The van der Waals surface area contributed by atoms with Gasteiger partial charge in [-0.1, -0.05) is 13.8 Å². The van der Waals surface area contributed by atoms with E-state index in [9.17, 15) is 9.59 Å². The van der Waals surface area contributed by atoms with Gasteiger partial charge in [0.1, 0.15) is 5.54 Å². The fourth-order valence-electron chi connectivity index (χ4n) is 2.33. The molecule has 0 bridgehead atoms. The third-order valence-corrected chi connectivity index (χ3v) is 3.35. The van der Waals surface area contributed by atoms with Gasteiger partial charge in [-0.2, -0.15) is 5.10 Å². The Labute approximate surface area is 106 Å². The highest BCUT2D eigenvalue weighted by atomic mass is 16.2. The van der Waals surface area contributed by atoms with Gasteiger partial charge in [0.15, 0.2) is 0 Å². The zero-order valence-electron chi connectivity index (χ0n) is 10.9. The highest BCUT2D eigenvalue weighted by Gasteiger charge is 2.51. The fraction of sp³-hybridized carbons (Fsp3) is 0.583. The van der Waals surface area contributed by atoms with Crippen LogP contribution in [0.4, 0.5) is 4.79 Å². The molecule has 1 saturated heterocycles. The monoisotopic (exact) mass is 250 g/mol. The second-order valence-corrected chi connectivity index (χ2v) is 4.55. The molecule has 2 rings (SSSR count). The van der Waals surface area contributed by atoms with Gasteiger partial charge < -0.3 is 5.32 Å². The second kappa shape index (κ2) is 4.44. The molecule has 1 aromatic heterocycles. The second-order valence-electron chi connectivity index (χ2n) is 4.55. The average Bonchev–Trinajstić information content (AvgIpc) is 2.87. The van der Waals surface area contributed by atoms with Crippen LogP contribution in [0.15, 0.2) is 12.4 Å². The number of carbonyl (C=O) groups excluding carboxylic acids is 2. The fourth-order valence-corrected chi connectivity index (χ4v) is 2.33. The number of hydrogen-bond acceptors (Lipinski definition) is 3. The van der Waals surface area contributed by atoms with Gasteiger partial charge in [-0.15, -0.1) is 0 Å². The standard InChI is InChI=1S/C12H18N4O2/c1-4-6-16-10(17)12(5-2,14-11(16)18)9-7-13-15(3)8-9/h7-8H,4-6H2,1-3H3,(H,14,18). The molecule has 3 amide bonds. The van der Waals surface area contributed by atoms with Crippen molar-refractivity contribution in [2.45, 2.75) is 32.2 Å². The first-order chi connectivity index (χ1) is 8.55. The van der Waals surface area contributed by atoms with Gasteiger partial charge in [-0.3, -0.25) is 14.4 Å². The van der Waals surface area contributed by atoms with Crippen LogP contribution in [0.3, 0.4) is 0 Å². The van der Waals surface area contributed by atoms with Gasteiger partial charge >= 0.3 is 6.03 Å². The maximum Gasteiger partial charge on any atom is 0.325 e. The molecule has 1 aliphatic heterocycles. The van der Waals surface area contributed by atoms with E-state index >= 15 is 0 Å². The van der Waals surface area contributed by atoms with Crippen LogP contribution in [0, 0.1) is 0 Å². The molecule has 1 unspecified atom stereocenters. The SMILES string of the molecule is CCCN1C(=O)NC(CC)(c2cnn(C)c2)C1=O. The van der Waals surface area contributed by atoms with Crippen molar-refractivity contribution in [1.29, 1.82) is 0 Å². The van der Waals surface area contributed by atoms with Gasteiger partial charge in [0.25, 0.3) is 5.91 Å². The van der Waals surface area contributed by atoms with Crippen LogP contribution in [0.5, 0.6) is 0 Å². The first kappa shape index (κ1) is 12.6. The molecule has 1 N–H and O–H groups in total. The maximum atomic E-state index is 12.5. The van der Waals surface area contributed by atoms with Crippen LogP contribution in [-0.2, 0) is 17.4 Å². The number of carbonyl (C=O) groups is 2. The molecule has 1 fully saturated rings. The van der Waals surface area contributed by atoms with Crippen molar-refractivity contribution in [2.24, 2.45) is 7.05 Å². The predicted octanol–water partition coefficient (Wildman–Crippen LogP) is 0.987. The summed E-state index contributed by atoms with van der Waals surface area (Å²) in [6, 6.07) is -0.312. The summed E-state index contributed by atoms with van der Waals surface area (Å²) in [5, 5.41) is 6.89. The van der Waals surface area contributed by atoms with Crippen molar-refractivity contribution in [1.82, 2.24) is 20.0 Å². The number of hydrogen-bond donors (Lipinski definition) is 1. The number of nitrogens with one attached hydrogen (secondary N) is 1. The van der Waals surface area contributed by atoms with Crippen molar-refractivity contribution >= 4 is 11.9 Å². The third-order valence-electron chi connectivity index (χ3n) is 3.35. The number of urea groups is 1. The Morgan fingerprint density at radius 3 is 2.61 bits per heavy atom. The Hall–Kier alpha value is -1.85. The lowest BCUT2D eigenvalue weighted by molar-refractivity contribution is -0.131. The lowest BCUT2D eigenvalue weighted by Crippen LogP contribution is -2.43. The summed E-state index contributed by atoms with van der Waals surface area (Å²) in [4.78, 5) is 25.7. The largest absolute Gasteiger partial charge is 0.325 e. The van der Waals surface area contributed by atoms with E-state index in [1.807, 2.05) is 13.8 Å². The first-order valence-corrected chi connectivity index (χ1v) is 6.18. The molecule has 0 aromatic carbocycles. The Morgan fingerprint density at radius 1 is 1.39 bits per heavy atom. The number of imide groups is 1. The van der Waals surface area contributed by atoms with Crippen LogP contribution < -0.4 is 5.32 Å². The number of nitrogens with zero attached hydrogens (tertiary/aromatic N) is 3. The van der Waals surface area contributed by atoms with Crippen molar-refractivity contribution < 1.29 is 9.59 Å². The van der Waals surface area contributed by atoms with Crippen molar-refractivity contribution in [2.75, 3.05) is 6.54 Å². The summed E-state index contributed by atoms with van der Waals surface area (Å²) in [6.45, 7) is 4.28. The smallest absolute Gasteiger partial charge is 0.319 e. The Bertz CT molecular complexity index is 482. The average molecular weight is 250 g/mol. The van der Waals surface area contributed by atoms with E-state index in [1.54, 1.807) is 24.1 Å². The summed E-state index contributed by atoms with van der Waals surface area (Å²) in [5.41, 5.74) is -0.204. The van der Waals surface area contributed by atoms with Gasteiger partial charge in [0.05, 0.1) is 6.20 Å². The van der Waals surface area contributed by atoms with Gasteiger partial charge in [-0.25, -0.2) is 4.79 Å². The minimum absolute atomic E-state index is 0.176. The van der Waals surface area contributed by atoms with E-state index in [0.717, 1.165) is 12.0 Å². The van der Waals surface area contributed by atoms with Crippen LogP contribution >= 0.6 is 0 Å². The van der Waals surface area contributed by atoms with Crippen LogP contribution in [0.1, 0.15) is 32.3 Å². The highest BCUT2D eigenvalue weighted by Crippen LogP contribution is 2.32. The third kappa shape index (κ3) is 1.68. The van der Waals surface area contributed by atoms with Gasteiger partial charge in [-0.05, 0) is 12.8 Å². The summed E-state index contributed by atoms with van der Waals surface area (Å²) >= 11 is 0. The topological polar surface area (TPSA) is 67.2 Å². The lowest BCUT2D eigenvalue weighted by atomic mass is 9.89. The summed E-state index contributed by atoms with van der Waals surface area (Å²) in [5.74, 6) is -0.176. The van der Waals surface area contributed by atoms with Gasteiger partial charge in [0, 0.05) is 25.4 Å². The molecular weight excluding hydrogens is 232 g/mol. The quantitative estimate of drug-likeness (QED) is 0.810. The van der Waals surface area contributed by atoms with E-state index in [2.05, 4.69) is 10.4 Å². The van der Waals surface area contributed by atoms with Crippen LogP contribution in [0.25, 0.3) is 0 Å². The van der Waals surface area contributed by atoms with Crippen LogP contribution in [-0.4, -0.2) is 33.2 Å². The van der Waals surface area contributed by atoms with Crippen LogP contribution in [0.2, 0.25) is 0 Å².